The molecule has 0 unspecified atom stereocenters. The van der Waals surface area contributed by atoms with Crippen LogP contribution in [0.15, 0.2) is 36.5 Å². The molecule has 2 aromatic rings. The van der Waals surface area contributed by atoms with Gasteiger partial charge in [-0.3, -0.25) is 4.79 Å². The highest BCUT2D eigenvalue weighted by molar-refractivity contribution is 6.04. The van der Waals surface area contributed by atoms with E-state index < -0.39 is 0 Å². The van der Waals surface area contributed by atoms with Gasteiger partial charge >= 0.3 is 0 Å². The second-order valence-electron chi connectivity index (χ2n) is 4.22. The standard InChI is InChI=1S/C15H16N2O3/c1-10-5-4-6-16-14(10)17-15(18)11-7-12(19-2)9-13(8-11)20-3/h4-9H,1-3H3,(H,16,17,18). The molecule has 0 atom stereocenters. The van der Waals surface area contributed by atoms with Crippen molar-refractivity contribution in [2.24, 2.45) is 0 Å². The summed E-state index contributed by atoms with van der Waals surface area (Å²) < 4.78 is 10.3. The molecule has 1 aromatic carbocycles. The van der Waals surface area contributed by atoms with E-state index in [1.165, 1.54) is 0 Å². The van der Waals surface area contributed by atoms with E-state index in [9.17, 15) is 4.79 Å². The lowest BCUT2D eigenvalue weighted by molar-refractivity contribution is 0.102. The fourth-order valence-electron chi connectivity index (χ4n) is 1.73. The fraction of sp³-hybridized carbons (Fsp3) is 0.200. The molecule has 104 valence electrons. The lowest BCUT2D eigenvalue weighted by Crippen LogP contribution is -2.14. The third-order valence-corrected chi connectivity index (χ3v) is 2.86. The molecular weight excluding hydrogens is 256 g/mol. The third-order valence-electron chi connectivity index (χ3n) is 2.86. The second-order valence-corrected chi connectivity index (χ2v) is 4.22. The lowest BCUT2D eigenvalue weighted by Gasteiger charge is -2.10. The number of aryl methyl sites for hydroxylation is 1. The summed E-state index contributed by atoms with van der Waals surface area (Å²) in [7, 11) is 3.08. The van der Waals surface area contributed by atoms with Crippen LogP contribution >= 0.6 is 0 Å². The summed E-state index contributed by atoms with van der Waals surface area (Å²) in [4.78, 5) is 16.4. The van der Waals surface area contributed by atoms with Crippen LogP contribution < -0.4 is 14.8 Å². The quantitative estimate of drug-likeness (QED) is 0.929. The van der Waals surface area contributed by atoms with Gasteiger partial charge in [0, 0.05) is 17.8 Å². The van der Waals surface area contributed by atoms with E-state index in [-0.39, 0.29) is 5.91 Å². The average molecular weight is 272 g/mol. The summed E-state index contributed by atoms with van der Waals surface area (Å²) in [5.74, 6) is 1.41. The van der Waals surface area contributed by atoms with Crippen LogP contribution in [0.5, 0.6) is 11.5 Å². The second kappa shape index (κ2) is 6.06. The number of methoxy groups -OCH3 is 2. The zero-order valence-electron chi connectivity index (χ0n) is 11.6. The maximum Gasteiger partial charge on any atom is 0.257 e. The van der Waals surface area contributed by atoms with Gasteiger partial charge in [-0.25, -0.2) is 4.98 Å². The normalized spacial score (nSPS) is 9.95. The van der Waals surface area contributed by atoms with E-state index in [2.05, 4.69) is 10.3 Å². The summed E-state index contributed by atoms with van der Waals surface area (Å²) in [6, 6.07) is 8.71. The van der Waals surface area contributed by atoms with Crippen molar-refractivity contribution in [2.45, 2.75) is 6.92 Å². The SMILES string of the molecule is COc1cc(OC)cc(C(=O)Nc2ncccc2C)c1. The number of carbonyl (C=O) groups is 1. The van der Waals surface area contributed by atoms with Crippen LogP contribution in [0.1, 0.15) is 15.9 Å². The Morgan fingerprint density at radius 2 is 1.80 bits per heavy atom. The molecule has 0 fully saturated rings. The van der Waals surface area contributed by atoms with E-state index in [0.29, 0.717) is 22.9 Å². The molecule has 0 radical (unpaired) electrons. The molecule has 0 bridgehead atoms. The monoisotopic (exact) mass is 272 g/mol. The molecule has 1 amide bonds. The number of ether oxygens (including phenoxy) is 2. The van der Waals surface area contributed by atoms with Crippen molar-refractivity contribution >= 4 is 11.7 Å². The number of rotatable bonds is 4. The van der Waals surface area contributed by atoms with Gasteiger partial charge in [-0.15, -0.1) is 0 Å². The number of benzene rings is 1. The highest BCUT2D eigenvalue weighted by Gasteiger charge is 2.11. The Bertz CT molecular complexity index is 604. The molecule has 1 heterocycles. The maximum atomic E-state index is 12.2. The summed E-state index contributed by atoms with van der Waals surface area (Å²) >= 11 is 0. The lowest BCUT2D eigenvalue weighted by atomic mass is 10.2. The minimum absolute atomic E-state index is 0.260. The van der Waals surface area contributed by atoms with Gasteiger partial charge in [-0.05, 0) is 30.7 Å². The van der Waals surface area contributed by atoms with Crippen LogP contribution in [0.2, 0.25) is 0 Å². The van der Waals surface area contributed by atoms with Gasteiger partial charge < -0.3 is 14.8 Å². The van der Waals surface area contributed by atoms with E-state index in [4.69, 9.17) is 9.47 Å². The topological polar surface area (TPSA) is 60.5 Å². The number of hydrogen-bond acceptors (Lipinski definition) is 4. The number of hydrogen-bond donors (Lipinski definition) is 1. The first-order valence-corrected chi connectivity index (χ1v) is 6.10. The maximum absolute atomic E-state index is 12.2. The van der Waals surface area contributed by atoms with Gasteiger partial charge in [-0.2, -0.15) is 0 Å². The minimum atomic E-state index is -0.260. The van der Waals surface area contributed by atoms with Crippen LogP contribution in [-0.2, 0) is 0 Å². The van der Waals surface area contributed by atoms with E-state index in [1.807, 2.05) is 19.1 Å². The summed E-state index contributed by atoms with van der Waals surface area (Å²) in [6.07, 6.45) is 1.63. The molecule has 1 N–H and O–H groups in total. The van der Waals surface area contributed by atoms with Gasteiger partial charge in [0.25, 0.3) is 5.91 Å². The van der Waals surface area contributed by atoms with Crippen LogP contribution in [0.25, 0.3) is 0 Å². The Labute approximate surface area is 117 Å². The first kappa shape index (κ1) is 13.9. The fourth-order valence-corrected chi connectivity index (χ4v) is 1.73. The molecule has 0 aliphatic rings. The zero-order valence-corrected chi connectivity index (χ0v) is 11.6. The van der Waals surface area contributed by atoms with Gasteiger partial charge in [0.1, 0.15) is 17.3 Å². The predicted octanol–water partition coefficient (Wildman–Crippen LogP) is 2.66. The molecular formula is C15H16N2O3. The van der Waals surface area contributed by atoms with Gasteiger partial charge in [0.15, 0.2) is 0 Å². The molecule has 0 saturated heterocycles. The molecule has 0 saturated carbocycles. The summed E-state index contributed by atoms with van der Waals surface area (Å²) in [5.41, 5.74) is 1.35. The number of amides is 1. The van der Waals surface area contributed by atoms with Crippen molar-refractivity contribution in [3.63, 3.8) is 0 Å². The number of carbonyl (C=O) groups excluding carboxylic acids is 1. The number of anilines is 1. The molecule has 20 heavy (non-hydrogen) atoms. The Balaban J connectivity index is 2.27. The molecule has 2 rings (SSSR count). The Morgan fingerprint density at radius 3 is 2.35 bits per heavy atom. The third kappa shape index (κ3) is 3.06. The van der Waals surface area contributed by atoms with Gasteiger partial charge in [0.2, 0.25) is 0 Å². The first-order valence-electron chi connectivity index (χ1n) is 6.10. The van der Waals surface area contributed by atoms with Crippen LogP contribution in [0.3, 0.4) is 0 Å². The van der Waals surface area contributed by atoms with Crippen molar-refractivity contribution < 1.29 is 14.3 Å². The van der Waals surface area contributed by atoms with Crippen molar-refractivity contribution in [2.75, 3.05) is 19.5 Å². The van der Waals surface area contributed by atoms with Crippen molar-refractivity contribution in [1.29, 1.82) is 0 Å². The van der Waals surface area contributed by atoms with E-state index in [1.54, 1.807) is 38.6 Å². The van der Waals surface area contributed by atoms with Crippen molar-refractivity contribution in [3.8, 4) is 11.5 Å². The average Bonchev–Trinajstić information content (AvgIpc) is 2.48. The molecule has 0 aliphatic heterocycles. The highest BCUT2D eigenvalue weighted by atomic mass is 16.5. The zero-order chi connectivity index (χ0) is 14.5. The van der Waals surface area contributed by atoms with Gasteiger partial charge in [0.05, 0.1) is 14.2 Å². The molecule has 0 aliphatic carbocycles. The largest absolute Gasteiger partial charge is 0.497 e. The number of nitrogens with zero attached hydrogens (tertiary/aromatic N) is 1. The molecule has 0 spiro atoms. The number of aromatic nitrogens is 1. The first-order chi connectivity index (χ1) is 9.63. The van der Waals surface area contributed by atoms with E-state index in [0.717, 1.165) is 5.56 Å². The Kier molecular flexibility index (Phi) is 4.20. The summed E-state index contributed by atoms with van der Waals surface area (Å²) in [6.45, 7) is 1.88. The number of pyridine rings is 1. The van der Waals surface area contributed by atoms with Crippen molar-refractivity contribution in [1.82, 2.24) is 4.98 Å². The van der Waals surface area contributed by atoms with Gasteiger partial charge in [-0.1, -0.05) is 6.07 Å². The van der Waals surface area contributed by atoms with E-state index >= 15 is 0 Å². The molecule has 1 aromatic heterocycles. The smallest absolute Gasteiger partial charge is 0.257 e. The minimum Gasteiger partial charge on any atom is -0.497 e. The molecule has 5 nitrogen and oxygen atoms in total. The van der Waals surface area contributed by atoms with Crippen molar-refractivity contribution in [3.05, 3.63) is 47.7 Å². The Hall–Kier alpha value is -2.56. The predicted molar refractivity (Wildman–Crippen MR) is 76.5 cm³/mol. The van der Waals surface area contributed by atoms with Crippen LogP contribution in [-0.4, -0.2) is 25.1 Å². The number of nitrogens with one attached hydrogen (secondary N) is 1. The van der Waals surface area contributed by atoms with Crippen LogP contribution in [0.4, 0.5) is 5.82 Å². The summed E-state index contributed by atoms with van der Waals surface area (Å²) in [5, 5.41) is 2.77. The Morgan fingerprint density at radius 1 is 1.15 bits per heavy atom. The molecule has 5 heteroatoms. The van der Waals surface area contributed by atoms with Crippen LogP contribution in [0, 0.1) is 6.92 Å². The highest BCUT2D eigenvalue weighted by Crippen LogP contribution is 2.23.